The molecule has 2 aromatic carbocycles. The van der Waals surface area contributed by atoms with Crippen LogP contribution in [0.3, 0.4) is 0 Å². The molecular weight excluding hydrogens is 464 g/mol. The van der Waals surface area contributed by atoms with E-state index < -0.39 is 12.1 Å². The number of ether oxygens (including phenoxy) is 1. The van der Waals surface area contributed by atoms with E-state index in [0.29, 0.717) is 17.9 Å². The van der Waals surface area contributed by atoms with Crippen molar-refractivity contribution in [3.05, 3.63) is 53.6 Å². The molecule has 2 saturated carbocycles. The topological polar surface area (TPSA) is 103 Å². The molecule has 0 bridgehead atoms. The minimum absolute atomic E-state index is 0.0625. The van der Waals surface area contributed by atoms with Crippen molar-refractivity contribution in [1.82, 2.24) is 5.32 Å². The highest BCUT2D eigenvalue weighted by Crippen LogP contribution is 2.44. The first kappa shape index (κ1) is 27.2. The second kappa shape index (κ2) is 12.1. The summed E-state index contributed by atoms with van der Waals surface area (Å²) in [6.45, 7) is 4.94. The van der Waals surface area contributed by atoms with Crippen molar-refractivity contribution in [2.24, 2.45) is 17.8 Å². The first-order chi connectivity index (χ1) is 17.7. The van der Waals surface area contributed by atoms with Crippen molar-refractivity contribution in [3.63, 3.8) is 0 Å². The molecule has 0 aliphatic heterocycles. The van der Waals surface area contributed by atoms with Crippen LogP contribution < -0.4 is 10.1 Å². The molecule has 198 valence electrons. The number of carboxylic acid groups (broad SMARTS) is 1. The summed E-state index contributed by atoms with van der Waals surface area (Å²) < 4.78 is 5.88. The van der Waals surface area contributed by atoms with Gasteiger partial charge in [0.1, 0.15) is 24.5 Å². The molecule has 0 heterocycles. The van der Waals surface area contributed by atoms with Crippen LogP contribution in [0.5, 0.6) is 5.75 Å². The van der Waals surface area contributed by atoms with E-state index >= 15 is 0 Å². The number of carboxylic acids is 1. The molecule has 3 N–H and O–H groups in total. The van der Waals surface area contributed by atoms with Crippen LogP contribution in [-0.2, 0) is 0 Å². The van der Waals surface area contributed by atoms with Crippen molar-refractivity contribution < 1.29 is 19.7 Å². The molecule has 4 unspecified atom stereocenters. The highest BCUT2D eigenvalue weighted by molar-refractivity contribution is 5.88. The van der Waals surface area contributed by atoms with Crippen molar-refractivity contribution in [2.75, 3.05) is 13.2 Å². The molecule has 4 rings (SSSR count). The molecular formula is C31H40N2O4. The van der Waals surface area contributed by atoms with Gasteiger partial charge in [-0.1, -0.05) is 50.3 Å². The molecule has 2 aliphatic rings. The van der Waals surface area contributed by atoms with Gasteiger partial charge in [0.15, 0.2) is 0 Å². The number of benzene rings is 2. The number of hydrogen-bond acceptors (Lipinski definition) is 5. The van der Waals surface area contributed by atoms with E-state index in [1.807, 2.05) is 6.07 Å². The Balaban J connectivity index is 1.29. The second-order valence-corrected chi connectivity index (χ2v) is 11.6. The fourth-order valence-corrected chi connectivity index (χ4v) is 6.31. The Bertz CT molecular complexity index is 1110. The summed E-state index contributed by atoms with van der Waals surface area (Å²) in [4.78, 5) is 11.1. The van der Waals surface area contributed by atoms with Gasteiger partial charge in [0.2, 0.25) is 0 Å². The molecule has 0 amide bonds. The van der Waals surface area contributed by atoms with Gasteiger partial charge in [-0.3, -0.25) is 0 Å². The maximum Gasteiger partial charge on any atom is 0.335 e. The van der Waals surface area contributed by atoms with E-state index in [4.69, 9.17) is 9.84 Å². The van der Waals surface area contributed by atoms with E-state index in [-0.39, 0.29) is 17.7 Å². The van der Waals surface area contributed by atoms with Crippen LogP contribution in [0.2, 0.25) is 0 Å². The van der Waals surface area contributed by atoms with E-state index in [2.05, 4.69) is 25.2 Å². The van der Waals surface area contributed by atoms with Gasteiger partial charge < -0.3 is 20.3 Å². The number of fused-ring (bicyclic) bond motifs is 1. The van der Waals surface area contributed by atoms with Gasteiger partial charge in [-0.15, -0.1) is 0 Å². The smallest absolute Gasteiger partial charge is 0.335 e. The molecule has 2 aromatic rings. The van der Waals surface area contributed by atoms with E-state index in [0.717, 1.165) is 35.3 Å². The summed E-state index contributed by atoms with van der Waals surface area (Å²) in [5.74, 6) is 2.06. The zero-order chi connectivity index (χ0) is 26.4. The van der Waals surface area contributed by atoms with Crippen LogP contribution in [0.1, 0.15) is 81.1 Å². The van der Waals surface area contributed by atoms with Gasteiger partial charge in [-0.2, -0.15) is 5.26 Å². The summed E-state index contributed by atoms with van der Waals surface area (Å²) in [5.41, 5.74) is 2.18. The lowest BCUT2D eigenvalue weighted by Crippen LogP contribution is -2.46. The van der Waals surface area contributed by atoms with Crippen LogP contribution in [0.4, 0.5) is 0 Å². The number of nitriles is 1. The Labute approximate surface area is 220 Å². The number of aromatic carboxylic acids is 1. The molecule has 6 heteroatoms. The fourth-order valence-electron chi connectivity index (χ4n) is 6.31. The molecule has 0 saturated heterocycles. The maximum atomic E-state index is 11.1. The largest absolute Gasteiger partial charge is 0.489 e. The van der Waals surface area contributed by atoms with Gasteiger partial charge in [-0.25, -0.2) is 4.79 Å². The van der Waals surface area contributed by atoms with Crippen molar-refractivity contribution in [1.29, 1.82) is 5.26 Å². The van der Waals surface area contributed by atoms with Crippen LogP contribution in [0.25, 0.3) is 11.1 Å². The molecule has 0 aromatic heterocycles. The Hall–Kier alpha value is -2.88. The average molecular weight is 505 g/mol. The molecule has 2 aliphatic carbocycles. The number of carbonyl (C=O) groups is 1. The van der Waals surface area contributed by atoms with Gasteiger partial charge in [0.05, 0.1) is 11.1 Å². The summed E-state index contributed by atoms with van der Waals surface area (Å²) >= 11 is 0. The normalized spacial score (nSPS) is 22.5. The molecule has 37 heavy (non-hydrogen) atoms. The predicted molar refractivity (Wildman–Crippen MR) is 145 cm³/mol. The first-order valence-electron chi connectivity index (χ1n) is 13.7. The van der Waals surface area contributed by atoms with E-state index in [1.54, 1.807) is 36.4 Å². The third-order valence-corrected chi connectivity index (χ3v) is 8.26. The second-order valence-electron chi connectivity index (χ2n) is 11.6. The number of aliphatic hydroxyl groups excluding tert-OH is 1. The van der Waals surface area contributed by atoms with Gasteiger partial charge in [0.25, 0.3) is 0 Å². The Morgan fingerprint density at radius 3 is 2.49 bits per heavy atom. The van der Waals surface area contributed by atoms with E-state index in [1.165, 1.54) is 44.9 Å². The quantitative estimate of drug-likeness (QED) is 0.365. The fraction of sp³-hybridized carbons (Fsp3) is 0.548. The minimum Gasteiger partial charge on any atom is -0.489 e. The minimum atomic E-state index is -0.974. The van der Waals surface area contributed by atoms with Crippen LogP contribution in [-0.4, -0.2) is 41.0 Å². The Morgan fingerprint density at radius 1 is 1.08 bits per heavy atom. The lowest BCUT2D eigenvalue weighted by atomic mass is 9.66. The third kappa shape index (κ3) is 7.34. The monoisotopic (exact) mass is 504 g/mol. The van der Waals surface area contributed by atoms with Crippen LogP contribution in [0.15, 0.2) is 42.5 Å². The highest BCUT2D eigenvalue weighted by atomic mass is 16.5. The molecule has 6 nitrogen and oxygen atoms in total. The van der Waals surface area contributed by atoms with Crippen molar-refractivity contribution in [3.8, 4) is 22.9 Å². The third-order valence-electron chi connectivity index (χ3n) is 8.26. The predicted octanol–water partition coefficient (Wildman–Crippen LogP) is 6.03. The van der Waals surface area contributed by atoms with Gasteiger partial charge in [-0.05, 0) is 86.3 Å². The SMILES string of the molecule is CC(C)(CC1CCC2CCCCC2C1)NCC(O)COc1cc(-c2ccc(C(=O)O)cc2)ccc1C#N. The van der Waals surface area contributed by atoms with Crippen LogP contribution >= 0.6 is 0 Å². The summed E-state index contributed by atoms with van der Waals surface area (Å²) in [6, 6.07) is 14.0. The van der Waals surface area contributed by atoms with Crippen molar-refractivity contribution >= 4 is 5.97 Å². The van der Waals surface area contributed by atoms with Gasteiger partial charge in [0, 0.05) is 12.1 Å². The summed E-state index contributed by atoms with van der Waals surface area (Å²) in [7, 11) is 0. The Morgan fingerprint density at radius 2 is 1.78 bits per heavy atom. The standard InChI is InChI=1S/C31H40N2O4/c1-31(2,17-21-7-8-22-5-3-4-6-25(22)15-21)33-19-28(34)20-37-29-16-26(13-14-27(29)18-32)23-9-11-24(12-10-23)30(35)36/h9-14,16,21-22,25,28,33-34H,3-8,15,17,19-20H2,1-2H3,(H,35,36). The summed E-state index contributed by atoms with van der Waals surface area (Å²) in [6.07, 6.45) is 10.1. The highest BCUT2D eigenvalue weighted by Gasteiger charge is 2.34. The molecule has 0 radical (unpaired) electrons. The zero-order valence-electron chi connectivity index (χ0n) is 22.1. The number of aliphatic hydroxyl groups is 1. The number of rotatable bonds is 10. The van der Waals surface area contributed by atoms with Crippen molar-refractivity contribution in [2.45, 2.75) is 76.9 Å². The number of nitrogens with one attached hydrogen (secondary N) is 1. The zero-order valence-corrected chi connectivity index (χ0v) is 22.1. The average Bonchev–Trinajstić information content (AvgIpc) is 2.90. The lowest BCUT2D eigenvalue weighted by Gasteiger charge is -2.42. The van der Waals surface area contributed by atoms with E-state index in [9.17, 15) is 15.2 Å². The molecule has 4 atom stereocenters. The number of hydrogen-bond donors (Lipinski definition) is 3. The number of β-amino-alcohol motifs (C(OH)–C–C–N with tert-alkyl or cyclic N) is 1. The molecule has 2 fully saturated rings. The maximum absolute atomic E-state index is 11.1. The van der Waals surface area contributed by atoms with Gasteiger partial charge >= 0.3 is 5.97 Å². The summed E-state index contributed by atoms with van der Waals surface area (Å²) in [5, 5.41) is 32.8. The molecule has 0 spiro atoms. The van der Waals surface area contributed by atoms with Crippen LogP contribution in [0, 0.1) is 29.1 Å². The Kier molecular flexibility index (Phi) is 8.89. The first-order valence-corrected chi connectivity index (χ1v) is 13.7. The number of nitrogens with zero attached hydrogens (tertiary/aromatic N) is 1. The lowest BCUT2D eigenvalue weighted by molar-refractivity contribution is 0.0697.